The number of ether oxygens (including phenoxy) is 2. The lowest BCUT2D eigenvalue weighted by atomic mass is 10.1. The second-order valence-electron chi connectivity index (χ2n) is 3.65. The first kappa shape index (κ1) is 14.0. The molecule has 1 aromatic rings. The van der Waals surface area contributed by atoms with Gasteiger partial charge in [-0.05, 0) is 25.5 Å². The zero-order valence-electron chi connectivity index (χ0n) is 10.6. The molecule has 0 heterocycles. The Balaban J connectivity index is 3.23. The summed E-state index contributed by atoms with van der Waals surface area (Å²) in [4.78, 5) is 10.9. The fraction of sp³-hybridized carbons (Fsp3) is 0.267. The van der Waals surface area contributed by atoms with Gasteiger partial charge in [-0.1, -0.05) is 18.7 Å². The van der Waals surface area contributed by atoms with Gasteiger partial charge < -0.3 is 9.47 Å². The van der Waals surface area contributed by atoms with Crippen molar-refractivity contribution >= 4 is 6.29 Å². The van der Waals surface area contributed by atoms with E-state index < -0.39 is 0 Å². The van der Waals surface area contributed by atoms with Crippen LogP contribution in [0.5, 0.6) is 11.5 Å². The largest absolute Gasteiger partial charge is 0.490 e. The monoisotopic (exact) mass is 246 g/mol. The van der Waals surface area contributed by atoms with Crippen LogP contribution in [0.15, 0.2) is 37.4 Å². The van der Waals surface area contributed by atoms with Gasteiger partial charge in [-0.3, -0.25) is 4.79 Å². The molecule has 3 heteroatoms. The van der Waals surface area contributed by atoms with Gasteiger partial charge in [0.25, 0.3) is 0 Å². The molecule has 0 saturated heterocycles. The number of allylic oxidation sites excluding steroid dienone is 1. The minimum absolute atomic E-state index is 0.394. The molecule has 0 spiro atoms. The number of carbonyl (C=O) groups excluding carboxylic acids is 1. The van der Waals surface area contributed by atoms with E-state index in [4.69, 9.17) is 9.47 Å². The second-order valence-corrected chi connectivity index (χ2v) is 3.65. The smallest absolute Gasteiger partial charge is 0.165 e. The third-order valence-electron chi connectivity index (χ3n) is 2.30. The average Bonchev–Trinajstić information content (AvgIpc) is 2.38. The molecular weight excluding hydrogens is 228 g/mol. The summed E-state index contributed by atoms with van der Waals surface area (Å²) < 4.78 is 11.1. The number of aldehydes is 1. The van der Waals surface area contributed by atoms with Crippen LogP contribution in [0.2, 0.25) is 0 Å². The van der Waals surface area contributed by atoms with E-state index in [1.165, 1.54) is 0 Å². The van der Waals surface area contributed by atoms with Crippen molar-refractivity contribution in [3.8, 4) is 11.5 Å². The first-order chi connectivity index (χ1) is 8.76. The summed E-state index contributed by atoms with van der Waals surface area (Å²) in [5.41, 5.74) is 1.46. The number of carbonyl (C=O) groups is 1. The van der Waals surface area contributed by atoms with Crippen LogP contribution in [0.3, 0.4) is 0 Å². The molecule has 18 heavy (non-hydrogen) atoms. The van der Waals surface area contributed by atoms with Crippen molar-refractivity contribution in [2.45, 2.75) is 13.3 Å². The van der Waals surface area contributed by atoms with E-state index in [1.807, 2.05) is 6.92 Å². The summed E-state index contributed by atoms with van der Waals surface area (Å²) in [6.07, 6.45) is 4.85. The molecule has 1 aromatic carbocycles. The zero-order valence-corrected chi connectivity index (χ0v) is 10.6. The molecule has 0 aromatic heterocycles. The van der Waals surface area contributed by atoms with Crippen LogP contribution in [-0.2, 0) is 6.42 Å². The van der Waals surface area contributed by atoms with E-state index >= 15 is 0 Å². The molecule has 0 aliphatic carbocycles. The molecule has 0 unspecified atom stereocenters. The van der Waals surface area contributed by atoms with E-state index in [0.717, 1.165) is 11.8 Å². The van der Waals surface area contributed by atoms with E-state index in [9.17, 15) is 4.79 Å². The molecule has 0 atom stereocenters. The SMILES string of the molecule is C=CCOc1c(CC=C)cc(C=O)cc1OCC. The van der Waals surface area contributed by atoms with Crippen molar-refractivity contribution in [3.05, 3.63) is 48.6 Å². The fourth-order valence-electron chi connectivity index (χ4n) is 1.63. The Morgan fingerprint density at radius 1 is 1.22 bits per heavy atom. The highest BCUT2D eigenvalue weighted by Gasteiger charge is 2.12. The molecule has 1 rings (SSSR count). The second kappa shape index (κ2) is 7.33. The van der Waals surface area contributed by atoms with Gasteiger partial charge in [0.15, 0.2) is 11.5 Å². The highest BCUT2D eigenvalue weighted by Crippen LogP contribution is 2.33. The van der Waals surface area contributed by atoms with Crippen molar-refractivity contribution in [3.63, 3.8) is 0 Å². The molecule has 0 bridgehead atoms. The van der Waals surface area contributed by atoms with E-state index in [1.54, 1.807) is 24.3 Å². The minimum atomic E-state index is 0.394. The molecule has 96 valence electrons. The van der Waals surface area contributed by atoms with Crippen LogP contribution in [0.4, 0.5) is 0 Å². The number of benzene rings is 1. The Labute approximate surface area is 108 Å². The van der Waals surface area contributed by atoms with Crippen LogP contribution < -0.4 is 9.47 Å². The van der Waals surface area contributed by atoms with E-state index in [0.29, 0.717) is 36.7 Å². The molecule has 3 nitrogen and oxygen atoms in total. The molecule has 0 fully saturated rings. The van der Waals surface area contributed by atoms with Crippen LogP contribution in [0.25, 0.3) is 0 Å². The third kappa shape index (κ3) is 3.48. The van der Waals surface area contributed by atoms with Gasteiger partial charge in [-0.25, -0.2) is 0 Å². The van der Waals surface area contributed by atoms with Gasteiger partial charge in [0.05, 0.1) is 6.61 Å². The van der Waals surface area contributed by atoms with Crippen LogP contribution >= 0.6 is 0 Å². The highest BCUT2D eigenvalue weighted by molar-refractivity contribution is 5.77. The van der Waals surface area contributed by atoms with E-state index in [-0.39, 0.29) is 0 Å². The van der Waals surface area contributed by atoms with Gasteiger partial charge in [-0.15, -0.1) is 6.58 Å². The Morgan fingerprint density at radius 2 is 2.00 bits per heavy atom. The number of rotatable bonds is 8. The summed E-state index contributed by atoms with van der Waals surface area (Å²) in [7, 11) is 0. The van der Waals surface area contributed by atoms with Gasteiger partial charge in [-0.2, -0.15) is 0 Å². The molecule has 0 amide bonds. The predicted octanol–water partition coefficient (Wildman–Crippen LogP) is 3.19. The maximum absolute atomic E-state index is 10.9. The first-order valence-corrected chi connectivity index (χ1v) is 5.86. The van der Waals surface area contributed by atoms with Crippen LogP contribution in [0.1, 0.15) is 22.8 Å². The molecule has 0 aliphatic rings. The van der Waals surface area contributed by atoms with Crippen molar-refractivity contribution in [1.29, 1.82) is 0 Å². The van der Waals surface area contributed by atoms with Gasteiger partial charge in [0.1, 0.15) is 12.9 Å². The van der Waals surface area contributed by atoms with Gasteiger partial charge in [0, 0.05) is 11.1 Å². The standard InChI is InChI=1S/C15H18O3/c1-4-7-13-9-12(11-16)10-14(17-6-3)15(13)18-8-5-2/h4-5,9-11H,1-2,6-8H2,3H3. The molecule has 0 radical (unpaired) electrons. The van der Waals surface area contributed by atoms with Gasteiger partial charge >= 0.3 is 0 Å². The fourth-order valence-corrected chi connectivity index (χ4v) is 1.63. The van der Waals surface area contributed by atoms with Gasteiger partial charge in [0.2, 0.25) is 0 Å². The number of hydrogen-bond donors (Lipinski definition) is 0. The van der Waals surface area contributed by atoms with E-state index in [2.05, 4.69) is 13.2 Å². The summed E-state index contributed by atoms with van der Waals surface area (Å²) >= 11 is 0. The van der Waals surface area contributed by atoms with Crippen LogP contribution in [-0.4, -0.2) is 19.5 Å². The lowest BCUT2D eigenvalue weighted by Gasteiger charge is -2.15. The van der Waals surface area contributed by atoms with Crippen molar-refractivity contribution in [1.82, 2.24) is 0 Å². The Hall–Kier alpha value is -2.03. The normalized spacial score (nSPS) is 9.61. The quantitative estimate of drug-likeness (QED) is 0.522. The Bertz CT molecular complexity index is 436. The third-order valence-corrected chi connectivity index (χ3v) is 2.30. The van der Waals surface area contributed by atoms with Crippen molar-refractivity contribution in [2.75, 3.05) is 13.2 Å². The molecule has 0 N–H and O–H groups in total. The zero-order chi connectivity index (χ0) is 13.4. The lowest BCUT2D eigenvalue weighted by molar-refractivity contribution is 0.112. The highest BCUT2D eigenvalue weighted by atomic mass is 16.5. The minimum Gasteiger partial charge on any atom is -0.490 e. The number of hydrogen-bond acceptors (Lipinski definition) is 3. The summed E-state index contributed by atoms with van der Waals surface area (Å²) in [6, 6.07) is 3.47. The maximum atomic E-state index is 10.9. The first-order valence-electron chi connectivity index (χ1n) is 5.86. The van der Waals surface area contributed by atoms with Crippen molar-refractivity contribution in [2.24, 2.45) is 0 Å². The maximum Gasteiger partial charge on any atom is 0.165 e. The molecule has 0 aliphatic heterocycles. The molecule has 0 saturated carbocycles. The predicted molar refractivity (Wildman–Crippen MR) is 72.6 cm³/mol. The summed E-state index contributed by atoms with van der Waals surface area (Å²) in [5.74, 6) is 1.24. The van der Waals surface area contributed by atoms with Crippen molar-refractivity contribution < 1.29 is 14.3 Å². The Kier molecular flexibility index (Phi) is 5.71. The molecular formula is C15H18O3. The average molecular weight is 246 g/mol. The lowest BCUT2D eigenvalue weighted by Crippen LogP contribution is -2.03. The van der Waals surface area contributed by atoms with Crippen LogP contribution in [0, 0.1) is 0 Å². The summed E-state index contributed by atoms with van der Waals surface area (Å²) in [6.45, 7) is 10.1. The topological polar surface area (TPSA) is 35.5 Å². The summed E-state index contributed by atoms with van der Waals surface area (Å²) in [5, 5.41) is 0. The Morgan fingerprint density at radius 3 is 2.56 bits per heavy atom.